The van der Waals surface area contributed by atoms with Crippen molar-refractivity contribution in [2.45, 2.75) is 31.1 Å². The number of nitrogens with zero attached hydrogens (tertiary/aromatic N) is 2. The Bertz CT molecular complexity index is 478. The Balaban J connectivity index is 2.93. The summed E-state index contributed by atoms with van der Waals surface area (Å²) >= 11 is 0. The fourth-order valence-corrected chi connectivity index (χ4v) is 2.25. The number of hydrazine groups is 1. The largest absolute Gasteiger partial charge is 0.276 e. The molecule has 0 amide bonds. The van der Waals surface area contributed by atoms with Crippen LogP contribution in [0, 0.1) is 0 Å². The summed E-state index contributed by atoms with van der Waals surface area (Å²) in [7, 11) is -1.38. The zero-order valence-corrected chi connectivity index (χ0v) is 11.5. The molecule has 98 valence electrons. The monoisotopic (exact) mass is 260 g/mol. The molecule has 0 bridgehead atoms. The van der Waals surface area contributed by atoms with Crippen LogP contribution < -0.4 is 11.3 Å². The van der Waals surface area contributed by atoms with Crippen LogP contribution in [0.5, 0.6) is 0 Å². The van der Waals surface area contributed by atoms with Crippen LogP contribution in [0.25, 0.3) is 0 Å². The van der Waals surface area contributed by atoms with Crippen molar-refractivity contribution in [3.05, 3.63) is 18.0 Å². The summed E-state index contributed by atoms with van der Waals surface area (Å²) < 4.78 is 24.2. The van der Waals surface area contributed by atoms with E-state index < -0.39 is 14.6 Å². The predicted octanol–water partition coefficient (Wildman–Crippen LogP) is -0.382. The summed E-state index contributed by atoms with van der Waals surface area (Å²) in [6, 6.07) is -0.360. The second kappa shape index (κ2) is 4.75. The van der Waals surface area contributed by atoms with E-state index in [0.29, 0.717) is 6.42 Å². The van der Waals surface area contributed by atoms with Gasteiger partial charge in [-0.15, -0.1) is 0 Å². The molecule has 0 saturated heterocycles. The highest BCUT2D eigenvalue weighted by molar-refractivity contribution is 7.92. The number of nitrogens with two attached hydrogens (primary N) is 1. The van der Waals surface area contributed by atoms with Gasteiger partial charge in [0.1, 0.15) is 0 Å². The molecule has 7 heteroatoms. The Morgan fingerprint density at radius 3 is 2.53 bits per heavy atom. The van der Waals surface area contributed by atoms with Crippen molar-refractivity contribution in [2.24, 2.45) is 12.9 Å². The fourth-order valence-electron chi connectivity index (χ4n) is 1.58. The van der Waals surface area contributed by atoms with Crippen molar-refractivity contribution in [3.63, 3.8) is 0 Å². The summed E-state index contributed by atoms with van der Waals surface area (Å²) in [6.07, 6.45) is 5.30. The number of aromatic nitrogens is 2. The molecule has 0 fully saturated rings. The summed E-state index contributed by atoms with van der Waals surface area (Å²) in [4.78, 5) is 0. The summed E-state index contributed by atoms with van der Waals surface area (Å²) in [5, 5.41) is 4.05. The van der Waals surface area contributed by atoms with Crippen molar-refractivity contribution >= 4 is 9.84 Å². The lowest BCUT2D eigenvalue weighted by atomic mass is 9.98. The van der Waals surface area contributed by atoms with E-state index in [2.05, 4.69) is 10.5 Å². The van der Waals surface area contributed by atoms with E-state index >= 15 is 0 Å². The van der Waals surface area contributed by atoms with Gasteiger partial charge in [0.2, 0.25) is 0 Å². The van der Waals surface area contributed by atoms with E-state index in [-0.39, 0.29) is 6.04 Å². The van der Waals surface area contributed by atoms with E-state index in [9.17, 15) is 8.42 Å². The normalized spacial score (nSPS) is 14.9. The standard InChI is InChI=1S/C10H20N4O2S/c1-10(2,17(4,15)16)9(13-11)5-8-6-12-14(3)7-8/h6-7,9,13H,5,11H2,1-4H3. The molecule has 1 aromatic heterocycles. The summed E-state index contributed by atoms with van der Waals surface area (Å²) in [5.41, 5.74) is 3.54. The molecule has 1 aromatic rings. The van der Waals surface area contributed by atoms with Crippen LogP contribution in [0.2, 0.25) is 0 Å². The Kier molecular flexibility index (Phi) is 3.95. The molecule has 1 heterocycles. The van der Waals surface area contributed by atoms with Crippen LogP contribution >= 0.6 is 0 Å². The van der Waals surface area contributed by atoms with Gasteiger partial charge in [-0.2, -0.15) is 5.10 Å². The van der Waals surface area contributed by atoms with Crippen molar-refractivity contribution in [2.75, 3.05) is 6.26 Å². The smallest absolute Gasteiger partial charge is 0.154 e. The predicted molar refractivity (Wildman–Crippen MR) is 66.9 cm³/mol. The quantitative estimate of drug-likeness (QED) is 0.556. The van der Waals surface area contributed by atoms with Crippen LogP contribution in [0.3, 0.4) is 0 Å². The zero-order chi connectivity index (χ0) is 13.3. The average Bonchev–Trinajstić information content (AvgIpc) is 2.58. The van der Waals surface area contributed by atoms with Crippen molar-refractivity contribution < 1.29 is 8.42 Å². The third kappa shape index (κ3) is 3.05. The molecule has 0 spiro atoms. The van der Waals surface area contributed by atoms with Crippen LogP contribution in [0.4, 0.5) is 0 Å². The van der Waals surface area contributed by atoms with Gasteiger partial charge >= 0.3 is 0 Å². The first kappa shape index (κ1) is 14.1. The minimum atomic E-state index is -3.20. The molecule has 17 heavy (non-hydrogen) atoms. The van der Waals surface area contributed by atoms with Crippen molar-refractivity contribution in [1.29, 1.82) is 0 Å². The molecule has 1 rings (SSSR count). The highest BCUT2D eigenvalue weighted by Crippen LogP contribution is 2.22. The number of hydrogen-bond donors (Lipinski definition) is 2. The topological polar surface area (TPSA) is 90.0 Å². The SMILES string of the molecule is Cn1cc(CC(NN)C(C)(C)S(C)(=O)=O)cn1. The van der Waals surface area contributed by atoms with Gasteiger partial charge in [0.05, 0.1) is 10.9 Å². The third-order valence-corrected chi connectivity index (χ3v) is 5.39. The van der Waals surface area contributed by atoms with E-state index in [0.717, 1.165) is 5.56 Å². The van der Waals surface area contributed by atoms with Gasteiger partial charge in [0, 0.05) is 25.5 Å². The van der Waals surface area contributed by atoms with Gasteiger partial charge < -0.3 is 0 Å². The van der Waals surface area contributed by atoms with Gasteiger partial charge in [-0.1, -0.05) is 0 Å². The third-order valence-electron chi connectivity index (χ3n) is 3.19. The summed E-state index contributed by atoms with van der Waals surface area (Å²) in [6.45, 7) is 3.34. The molecular formula is C10H20N4O2S. The van der Waals surface area contributed by atoms with Gasteiger partial charge in [-0.3, -0.25) is 16.0 Å². The van der Waals surface area contributed by atoms with E-state index in [1.165, 1.54) is 6.26 Å². The molecule has 0 aliphatic heterocycles. The highest BCUT2D eigenvalue weighted by Gasteiger charge is 2.38. The van der Waals surface area contributed by atoms with Crippen LogP contribution in [0.15, 0.2) is 12.4 Å². The van der Waals surface area contributed by atoms with Crippen LogP contribution in [-0.2, 0) is 23.3 Å². The minimum Gasteiger partial charge on any atom is -0.276 e. The van der Waals surface area contributed by atoms with Crippen molar-refractivity contribution in [3.8, 4) is 0 Å². The Hall–Kier alpha value is -0.920. The Labute approximate surface area is 102 Å². The summed E-state index contributed by atoms with van der Waals surface area (Å²) in [5.74, 6) is 5.47. The maximum Gasteiger partial charge on any atom is 0.154 e. The lowest BCUT2D eigenvalue weighted by Crippen LogP contribution is -2.55. The number of aryl methyl sites for hydroxylation is 1. The molecular weight excluding hydrogens is 240 g/mol. The van der Waals surface area contributed by atoms with E-state index in [1.54, 1.807) is 24.7 Å². The second-order valence-electron chi connectivity index (χ2n) is 4.82. The molecule has 0 saturated carbocycles. The molecule has 6 nitrogen and oxygen atoms in total. The number of hydrogen-bond acceptors (Lipinski definition) is 5. The first-order valence-corrected chi connectivity index (χ1v) is 7.21. The molecule has 0 radical (unpaired) electrons. The molecule has 3 N–H and O–H groups in total. The van der Waals surface area contributed by atoms with Gasteiger partial charge in [-0.25, -0.2) is 8.42 Å². The van der Waals surface area contributed by atoms with Gasteiger partial charge in [0.15, 0.2) is 9.84 Å². The number of sulfone groups is 1. The average molecular weight is 260 g/mol. The lowest BCUT2D eigenvalue weighted by Gasteiger charge is -2.31. The highest BCUT2D eigenvalue weighted by atomic mass is 32.2. The molecule has 1 atom stereocenters. The van der Waals surface area contributed by atoms with Crippen LogP contribution in [-0.4, -0.2) is 35.2 Å². The maximum absolute atomic E-state index is 11.7. The number of rotatable bonds is 5. The molecule has 0 aliphatic carbocycles. The van der Waals surface area contributed by atoms with Crippen molar-refractivity contribution in [1.82, 2.24) is 15.2 Å². The second-order valence-corrected chi connectivity index (χ2v) is 7.42. The van der Waals surface area contributed by atoms with E-state index in [1.807, 2.05) is 13.2 Å². The first-order chi connectivity index (χ1) is 7.68. The molecule has 0 aliphatic rings. The Morgan fingerprint density at radius 2 is 2.18 bits per heavy atom. The van der Waals surface area contributed by atoms with Gasteiger partial charge in [0.25, 0.3) is 0 Å². The molecule has 0 aromatic carbocycles. The van der Waals surface area contributed by atoms with E-state index in [4.69, 9.17) is 5.84 Å². The Morgan fingerprint density at radius 1 is 1.59 bits per heavy atom. The fraction of sp³-hybridized carbons (Fsp3) is 0.700. The van der Waals surface area contributed by atoms with Gasteiger partial charge in [-0.05, 0) is 25.8 Å². The minimum absolute atomic E-state index is 0.360. The zero-order valence-electron chi connectivity index (χ0n) is 10.6. The lowest BCUT2D eigenvalue weighted by molar-refractivity contribution is 0.413. The maximum atomic E-state index is 11.7. The number of nitrogens with one attached hydrogen (secondary N) is 1. The first-order valence-electron chi connectivity index (χ1n) is 5.31. The molecule has 1 unspecified atom stereocenters. The van der Waals surface area contributed by atoms with Crippen LogP contribution in [0.1, 0.15) is 19.4 Å².